The van der Waals surface area contributed by atoms with Crippen LogP contribution in [0, 0.1) is 0 Å². The van der Waals surface area contributed by atoms with Crippen molar-refractivity contribution in [3.05, 3.63) is 30.6 Å². The van der Waals surface area contributed by atoms with Crippen molar-refractivity contribution in [2.24, 2.45) is 0 Å². The minimum absolute atomic E-state index is 0.167. The molecule has 12 heavy (non-hydrogen) atoms. The highest BCUT2D eigenvalue weighted by atomic mass is 18.2. The van der Waals surface area contributed by atoms with E-state index < -0.39 is 0 Å². The number of aromatic nitrogens is 1. The van der Waals surface area contributed by atoms with E-state index in [9.17, 15) is 9.18 Å². The van der Waals surface area contributed by atoms with Crippen molar-refractivity contribution in [1.29, 1.82) is 0 Å². The van der Waals surface area contributed by atoms with Crippen molar-refractivity contribution in [2.45, 2.75) is 13.8 Å². The van der Waals surface area contributed by atoms with Gasteiger partial charge in [-0.1, -0.05) is 6.07 Å². The zero-order chi connectivity index (χ0) is 9.82. The van der Waals surface area contributed by atoms with Gasteiger partial charge in [0, 0.05) is 12.4 Å². The Morgan fingerprint density at radius 3 is 1.50 bits per heavy atom. The molecule has 0 amide bonds. The molecule has 1 aromatic heterocycles. The van der Waals surface area contributed by atoms with Gasteiger partial charge in [0.2, 0.25) is 0 Å². The lowest BCUT2D eigenvalue weighted by Crippen LogP contribution is -1.69. The van der Waals surface area contributed by atoms with E-state index >= 15 is 0 Å². The van der Waals surface area contributed by atoms with Gasteiger partial charge >= 0.3 is 0 Å². The summed E-state index contributed by atoms with van der Waals surface area (Å²) in [6.07, 6.45) is 3.50. The highest BCUT2D eigenvalue weighted by Crippen LogP contribution is 1.73. The highest BCUT2D eigenvalue weighted by Gasteiger charge is 1.62. The average Bonchev–Trinajstić information content (AvgIpc) is 2.10. The third kappa shape index (κ3) is 23.3. The van der Waals surface area contributed by atoms with Crippen molar-refractivity contribution in [3.63, 3.8) is 0 Å². The van der Waals surface area contributed by atoms with Gasteiger partial charge in [0.25, 0.3) is 0 Å². The van der Waals surface area contributed by atoms with Gasteiger partial charge in [-0.15, -0.1) is 0 Å². The standard InChI is InChI=1S/C5H5N.C3H6O.CH3F/c1-2-4-6-5-3-1;1-3(2)4;1-2/h1-5H;1-2H3;1H3/i;;2-1. The molecule has 0 unspecified atom stereocenters. The number of Topliss-reactive ketones (excluding diaryl/α,β-unsaturated/α-hetero) is 1. The number of nitrogens with zero attached hydrogens (tertiary/aromatic N) is 1. The number of carbonyl (C=O) groups is 1. The second-order valence-electron chi connectivity index (χ2n) is 1.93. The van der Waals surface area contributed by atoms with Gasteiger partial charge in [-0.05, 0) is 26.0 Å². The predicted octanol–water partition coefficient (Wildman–Crippen LogP) is 2.26. The fraction of sp³-hybridized carbons (Fsp3) is 0.333. The summed E-state index contributed by atoms with van der Waals surface area (Å²) in [7, 11) is 0.500. The van der Waals surface area contributed by atoms with E-state index in [2.05, 4.69) is 4.98 Å². The van der Waals surface area contributed by atoms with Gasteiger partial charge in [0.15, 0.2) is 0 Å². The van der Waals surface area contributed by atoms with Gasteiger partial charge in [-0.3, -0.25) is 9.37 Å². The molecule has 0 fully saturated rings. The molecule has 1 aromatic rings. The molecule has 0 bridgehead atoms. The van der Waals surface area contributed by atoms with Crippen LogP contribution in [0.4, 0.5) is 4.39 Å². The molecule has 2 nitrogen and oxygen atoms in total. The first-order chi connectivity index (χ1) is 5.73. The normalized spacial score (nSPS) is 6.67. The predicted molar refractivity (Wildman–Crippen MR) is 47.6 cm³/mol. The maximum atomic E-state index is 9.50. The van der Waals surface area contributed by atoms with E-state index in [0.717, 1.165) is 0 Å². The maximum absolute atomic E-state index is 9.50. The molecule has 0 N–H and O–H groups in total. The third-order valence-corrected chi connectivity index (χ3v) is 0.566. The topological polar surface area (TPSA) is 30.0 Å². The Kier molecular flexibility index (Phi) is 13.8. The number of halogens is 1. The molecule has 1 rings (SSSR count). The molecule has 0 aliphatic rings. The number of hydrogen-bond donors (Lipinski definition) is 0. The number of ketones is 1. The van der Waals surface area contributed by atoms with Crippen LogP contribution in [0.5, 0.6) is 0 Å². The van der Waals surface area contributed by atoms with E-state index in [-0.39, 0.29) is 5.78 Å². The minimum atomic E-state index is 0.167. The molecule has 1 heterocycles. The second-order valence-corrected chi connectivity index (χ2v) is 1.93. The molecule has 0 radical (unpaired) electrons. The lowest BCUT2D eigenvalue weighted by atomic mass is 10.5. The van der Waals surface area contributed by atoms with Gasteiger partial charge in [0.05, 0.1) is 7.18 Å². The molecule has 3 heteroatoms. The van der Waals surface area contributed by atoms with Crippen LogP contribution < -0.4 is 0 Å². The number of hydrogen-bond acceptors (Lipinski definition) is 2. The summed E-state index contributed by atoms with van der Waals surface area (Å²) in [5.41, 5.74) is 0. The van der Waals surface area contributed by atoms with Gasteiger partial charge in [0.1, 0.15) is 5.78 Å². The molecule has 0 spiro atoms. The summed E-state index contributed by atoms with van der Waals surface area (Å²) in [6.45, 7) is 3.06. The van der Waals surface area contributed by atoms with Crippen LogP contribution in [0.1, 0.15) is 13.8 Å². The Morgan fingerprint density at radius 1 is 1.08 bits per heavy atom. The Hall–Kier alpha value is -1.25. The van der Waals surface area contributed by atoms with Crippen molar-refractivity contribution >= 4 is 5.78 Å². The van der Waals surface area contributed by atoms with E-state index in [1.807, 2.05) is 18.2 Å². The number of carbonyl (C=O) groups excluding carboxylic acids is 1. The Morgan fingerprint density at radius 2 is 1.42 bits per heavy atom. The lowest BCUT2D eigenvalue weighted by Gasteiger charge is -1.70. The Labute approximate surface area is 72.4 Å². The molecule has 0 atom stereocenters. The molecule has 0 saturated heterocycles. The highest BCUT2D eigenvalue weighted by molar-refractivity contribution is 5.72. The monoisotopic (exact) mass is 170 g/mol. The van der Waals surface area contributed by atoms with E-state index in [1.165, 1.54) is 13.8 Å². The minimum Gasteiger partial charge on any atom is -0.300 e. The SMILES string of the molecule is CC(C)=O.C[18F].c1ccncc1. The lowest BCUT2D eigenvalue weighted by molar-refractivity contribution is -0.114. The largest absolute Gasteiger partial charge is 0.300 e. The molecular weight excluding hydrogens is 156 g/mol. The van der Waals surface area contributed by atoms with Crippen molar-refractivity contribution in [1.82, 2.24) is 4.98 Å². The van der Waals surface area contributed by atoms with E-state index in [4.69, 9.17) is 0 Å². The Balaban J connectivity index is 0. The van der Waals surface area contributed by atoms with Gasteiger partial charge in [-0.2, -0.15) is 0 Å². The summed E-state index contributed by atoms with van der Waals surface area (Å²) in [5.74, 6) is 0.167. The molecule has 68 valence electrons. The first-order valence-electron chi connectivity index (χ1n) is 3.43. The summed E-state index contributed by atoms with van der Waals surface area (Å²) in [4.78, 5) is 13.2. The third-order valence-electron chi connectivity index (χ3n) is 0.566. The zero-order valence-corrected chi connectivity index (χ0v) is 7.62. The maximum Gasteiger partial charge on any atom is 0.126 e. The van der Waals surface area contributed by atoms with Crippen LogP contribution in [-0.4, -0.2) is 17.9 Å². The molecule has 0 aromatic carbocycles. The number of alkyl halides is 1. The van der Waals surface area contributed by atoms with Crippen LogP contribution >= 0.6 is 0 Å². The molecule has 0 aliphatic carbocycles. The van der Waals surface area contributed by atoms with Crippen molar-refractivity contribution < 1.29 is 9.18 Å². The fourth-order valence-corrected chi connectivity index (χ4v) is 0.313. The molecule has 0 saturated carbocycles. The summed E-state index contributed by atoms with van der Waals surface area (Å²) >= 11 is 0. The molecular formula is C9H14FNO. The molecule has 0 aliphatic heterocycles. The van der Waals surface area contributed by atoms with Gasteiger partial charge in [-0.25, -0.2) is 0 Å². The summed E-state index contributed by atoms with van der Waals surface area (Å²) in [6, 6.07) is 5.72. The van der Waals surface area contributed by atoms with Crippen LogP contribution in [0.3, 0.4) is 0 Å². The second kappa shape index (κ2) is 12.4. The quantitative estimate of drug-likeness (QED) is 0.597. The number of rotatable bonds is 0. The van der Waals surface area contributed by atoms with Crippen LogP contribution in [0.2, 0.25) is 0 Å². The summed E-state index contributed by atoms with van der Waals surface area (Å²) in [5, 5.41) is 0. The Bertz CT molecular complexity index is 146. The van der Waals surface area contributed by atoms with Gasteiger partial charge < -0.3 is 4.79 Å². The summed E-state index contributed by atoms with van der Waals surface area (Å²) < 4.78 is 9.50. The van der Waals surface area contributed by atoms with Crippen molar-refractivity contribution in [3.8, 4) is 0 Å². The van der Waals surface area contributed by atoms with Crippen LogP contribution in [0.15, 0.2) is 30.6 Å². The average molecular weight is 170 g/mol. The first kappa shape index (κ1) is 13.3. The number of pyridine rings is 1. The first-order valence-corrected chi connectivity index (χ1v) is 3.43. The van der Waals surface area contributed by atoms with Crippen molar-refractivity contribution in [2.75, 3.05) is 7.18 Å². The van der Waals surface area contributed by atoms with Crippen LogP contribution in [-0.2, 0) is 4.79 Å². The van der Waals surface area contributed by atoms with Crippen LogP contribution in [0.25, 0.3) is 0 Å². The fourth-order valence-electron chi connectivity index (χ4n) is 0.313. The zero-order valence-electron chi connectivity index (χ0n) is 7.62. The smallest absolute Gasteiger partial charge is 0.126 e. The van der Waals surface area contributed by atoms with E-state index in [1.54, 1.807) is 12.4 Å². The van der Waals surface area contributed by atoms with E-state index in [0.29, 0.717) is 7.18 Å².